The van der Waals surface area contributed by atoms with Crippen molar-refractivity contribution in [2.45, 2.75) is 26.0 Å². The summed E-state index contributed by atoms with van der Waals surface area (Å²) in [5.41, 5.74) is 0. The molecule has 2 atom stereocenters. The number of nitrogens with zero attached hydrogens (tertiary/aromatic N) is 5. The van der Waals surface area contributed by atoms with Crippen LogP contribution in [0, 0.1) is 0 Å². The Labute approximate surface area is 112 Å². The van der Waals surface area contributed by atoms with Gasteiger partial charge in [0.15, 0.2) is 0 Å². The van der Waals surface area contributed by atoms with Crippen LogP contribution in [-0.2, 0) is 4.74 Å². The lowest BCUT2D eigenvalue weighted by molar-refractivity contribution is 0.0337. The number of anilines is 2. The maximum absolute atomic E-state index is 5.95. The highest BCUT2D eigenvalue weighted by molar-refractivity contribution is 6.28. The second-order valence-corrected chi connectivity index (χ2v) is 5.08. The largest absolute Gasteiger partial charge is 0.375 e. The maximum atomic E-state index is 5.95. The summed E-state index contributed by atoms with van der Waals surface area (Å²) in [6.45, 7) is 5.55. The van der Waals surface area contributed by atoms with Crippen LogP contribution in [0.1, 0.15) is 13.8 Å². The van der Waals surface area contributed by atoms with Crippen molar-refractivity contribution in [3.63, 3.8) is 0 Å². The van der Waals surface area contributed by atoms with Crippen LogP contribution in [0.4, 0.5) is 11.9 Å². The standard InChI is InChI=1S/C11H18ClN5O/c1-7-6-18-8(2)5-17(7)11-14-9(12)13-10(15-11)16(3)4/h7-8H,5-6H2,1-4H3. The first-order chi connectivity index (χ1) is 8.47. The van der Waals surface area contributed by atoms with Crippen molar-refractivity contribution in [3.05, 3.63) is 5.28 Å². The lowest BCUT2D eigenvalue weighted by Crippen LogP contribution is -2.48. The first kappa shape index (κ1) is 13.3. The summed E-state index contributed by atoms with van der Waals surface area (Å²) in [6.07, 6.45) is 0.166. The average Bonchev–Trinajstić information content (AvgIpc) is 2.31. The minimum atomic E-state index is 0.166. The molecule has 0 bridgehead atoms. The van der Waals surface area contributed by atoms with Gasteiger partial charge in [0.1, 0.15) is 0 Å². The molecule has 0 spiro atoms. The molecule has 0 saturated carbocycles. The number of hydrogen-bond acceptors (Lipinski definition) is 6. The van der Waals surface area contributed by atoms with Crippen LogP contribution in [0.2, 0.25) is 5.28 Å². The molecule has 1 aliphatic rings. The van der Waals surface area contributed by atoms with Crippen molar-refractivity contribution in [1.82, 2.24) is 15.0 Å². The quantitative estimate of drug-likeness (QED) is 0.806. The van der Waals surface area contributed by atoms with Gasteiger partial charge in [-0.3, -0.25) is 0 Å². The first-order valence-corrected chi connectivity index (χ1v) is 6.32. The predicted octanol–water partition coefficient (Wildman–Crippen LogP) is 1.20. The van der Waals surface area contributed by atoms with Crippen LogP contribution in [0.25, 0.3) is 0 Å². The Morgan fingerprint density at radius 1 is 1.28 bits per heavy atom. The number of ether oxygens (including phenoxy) is 1. The van der Waals surface area contributed by atoms with Crippen LogP contribution in [0.15, 0.2) is 0 Å². The molecule has 7 heteroatoms. The van der Waals surface area contributed by atoms with E-state index < -0.39 is 0 Å². The van der Waals surface area contributed by atoms with Gasteiger partial charge < -0.3 is 14.5 Å². The SMILES string of the molecule is CC1CN(c2nc(Cl)nc(N(C)C)n2)C(C)CO1. The van der Waals surface area contributed by atoms with Crippen LogP contribution < -0.4 is 9.80 Å². The van der Waals surface area contributed by atoms with Crippen molar-refractivity contribution in [2.75, 3.05) is 37.0 Å². The van der Waals surface area contributed by atoms with Gasteiger partial charge in [0.05, 0.1) is 18.8 Å². The summed E-state index contributed by atoms with van der Waals surface area (Å²) in [7, 11) is 3.75. The van der Waals surface area contributed by atoms with Gasteiger partial charge in [0.25, 0.3) is 0 Å². The number of aromatic nitrogens is 3. The van der Waals surface area contributed by atoms with Gasteiger partial charge in [0, 0.05) is 20.6 Å². The monoisotopic (exact) mass is 271 g/mol. The molecule has 18 heavy (non-hydrogen) atoms. The Morgan fingerprint density at radius 3 is 2.67 bits per heavy atom. The molecule has 2 heterocycles. The molecule has 1 aliphatic heterocycles. The zero-order valence-electron chi connectivity index (χ0n) is 11.1. The van der Waals surface area contributed by atoms with E-state index in [9.17, 15) is 0 Å². The first-order valence-electron chi connectivity index (χ1n) is 5.94. The summed E-state index contributed by atoms with van der Waals surface area (Å²) >= 11 is 5.95. The molecule has 1 aromatic heterocycles. The molecule has 0 aromatic carbocycles. The summed E-state index contributed by atoms with van der Waals surface area (Å²) in [4.78, 5) is 16.6. The molecular weight excluding hydrogens is 254 g/mol. The smallest absolute Gasteiger partial charge is 0.231 e. The molecule has 0 amide bonds. The van der Waals surface area contributed by atoms with Crippen molar-refractivity contribution >= 4 is 23.5 Å². The highest BCUT2D eigenvalue weighted by Crippen LogP contribution is 2.21. The minimum Gasteiger partial charge on any atom is -0.375 e. The van der Waals surface area contributed by atoms with E-state index in [4.69, 9.17) is 16.3 Å². The summed E-state index contributed by atoms with van der Waals surface area (Å²) in [6, 6.07) is 0.231. The van der Waals surface area contributed by atoms with Crippen LogP contribution >= 0.6 is 11.6 Å². The van der Waals surface area contributed by atoms with Gasteiger partial charge in [-0.05, 0) is 25.4 Å². The van der Waals surface area contributed by atoms with E-state index in [1.165, 1.54) is 0 Å². The number of halogens is 1. The molecule has 6 nitrogen and oxygen atoms in total. The van der Waals surface area contributed by atoms with Crippen molar-refractivity contribution in [3.8, 4) is 0 Å². The van der Waals surface area contributed by atoms with Gasteiger partial charge in [-0.15, -0.1) is 0 Å². The van der Waals surface area contributed by atoms with E-state index in [2.05, 4.69) is 26.8 Å². The maximum Gasteiger partial charge on any atom is 0.231 e. The average molecular weight is 272 g/mol. The Balaban J connectivity index is 2.31. The zero-order valence-corrected chi connectivity index (χ0v) is 11.8. The van der Waals surface area contributed by atoms with Crippen LogP contribution in [-0.4, -0.2) is 54.3 Å². The second-order valence-electron chi connectivity index (χ2n) is 4.74. The fourth-order valence-electron chi connectivity index (χ4n) is 1.84. The van der Waals surface area contributed by atoms with Gasteiger partial charge in [0.2, 0.25) is 17.2 Å². The Kier molecular flexibility index (Phi) is 3.87. The number of rotatable bonds is 2. The molecule has 2 unspecified atom stereocenters. The molecule has 0 N–H and O–H groups in total. The second kappa shape index (κ2) is 5.24. The molecular formula is C11H18ClN5O. The minimum absolute atomic E-state index is 0.166. The van der Waals surface area contributed by atoms with E-state index in [0.717, 1.165) is 6.54 Å². The number of hydrogen-bond donors (Lipinski definition) is 0. The van der Waals surface area contributed by atoms with E-state index in [0.29, 0.717) is 18.5 Å². The third kappa shape index (κ3) is 2.81. The molecule has 1 aromatic rings. The fourth-order valence-corrected chi connectivity index (χ4v) is 1.99. The van der Waals surface area contributed by atoms with Crippen LogP contribution in [0.3, 0.4) is 0 Å². The zero-order chi connectivity index (χ0) is 13.3. The Bertz CT molecular complexity index is 428. The highest BCUT2D eigenvalue weighted by atomic mass is 35.5. The topological polar surface area (TPSA) is 54.4 Å². The summed E-state index contributed by atoms with van der Waals surface area (Å²) in [5.74, 6) is 1.18. The predicted molar refractivity (Wildman–Crippen MR) is 71.4 cm³/mol. The lowest BCUT2D eigenvalue weighted by atomic mass is 10.2. The molecule has 1 saturated heterocycles. The van der Waals surface area contributed by atoms with Gasteiger partial charge >= 0.3 is 0 Å². The fraction of sp³-hybridized carbons (Fsp3) is 0.727. The van der Waals surface area contributed by atoms with Gasteiger partial charge in [-0.25, -0.2) is 0 Å². The summed E-state index contributed by atoms with van der Waals surface area (Å²) in [5, 5.41) is 0.218. The third-order valence-electron chi connectivity index (χ3n) is 2.85. The molecule has 0 radical (unpaired) electrons. The van der Waals surface area contributed by atoms with Gasteiger partial charge in [-0.1, -0.05) is 0 Å². The van der Waals surface area contributed by atoms with Crippen molar-refractivity contribution < 1.29 is 4.74 Å². The van der Waals surface area contributed by atoms with Crippen molar-refractivity contribution in [1.29, 1.82) is 0 Å². The van der Waals surface area contributed by atoms with E-state index >= 15 is 0 Å². The van der Waals surface area contributed by atoms with E-state index in [1.54, 1.807) is 0 Å². The Hall–Kier alpha value is -1.14. The molecule has 100 valence electrons. The number of morpholine rings is 1. The summed E-state index contributed by atoms with van der Waals surface area (Å²) < 4.78 is 5.59. The van der Waals surface area contributed by atoms with Crippen molar-refractivity contribution in [2.24, 2.45) is 0 Å². The highest BCUT2D eigenvalue weighted by Gasteiger charge is 2.26. The molecule has 0 aliphatic carbocycles. The normalized spacial score (nSPS) is 24.2. The molecule has 1 fully saturated rings. The van der Waals surface area contributed by atoms with Crippen LogP contribution in [0.5, 0.6) is 0 Å². The lowest BCUT2D eigenvalue weighted by Gasteiger charge is -2.36. The Morgan fingerprint density at radius 2 is 2.00 bits per heavy atom. The van der Waals surface area contributed by atoms with E-state index in [-0.39, 0.29) is 17.4 Å². The van der Waals surface area contributed by atoms with Gasteiger partial charge in [-0.2, -0.15) is 15.0 Å². The molecule has 2 rings (SSSR count). The van der Waals surface area contributed by atoms with E-state index in [1.807, 2.05) is 25.9 Å². The third-order valence-corrected chi connectivity index (χ3v) is 3.02.